The van der Waals surface area contributed by atoms with Crippen molar-refractivity contribution in [3.05, 3.63) is 42.4 Å². The van der Waals surface area contributed by atoms with Crippen LogP contribution in [0.2, 0.25) is 0 Å². The Bertz CT molecular complexity index is 672. The number of aromatic nitrogens is 2. The highest BCUT2D eigenvalue weighted by Crippen LogP contribution is 2.17. The smallest absolute Gasteiger partial charge is 0.225 e. The van der Waals surface area contributed by atoms with E-state index in [1.807, 2.05) is 37.3 Å². The summed E-state index contributed by atoms with van der Waals surface area (Å²) >= 11 is 0. The van der Waals surface area contributed by atoms with E-state index in [9.17, 15) is 4.79 Å². The molecule has 0 atom stereocenters. The molecule has 2 rings (SSSR count). The van der Waals surface area contributed by atoms with Gasteiger partial charge in [-0.1, -0.05) is 13.3 Å². The average Bonchev–Trinajstić information content (AvgIpc) is 2.60. The van der Waals surface area contributed by atoms with Gasteiger partial charge in [0.15, 0.2) is 0 Å². The summed E-state index contributed by atoms with van der Waals surface area (Å²) in [6, 6.07) is 9.48. The first-order chi connectivity index (χ1) is 12.1. The molecule has 0 radical (unpaired) electrons. The van der Waals surface area contributed by atoms with Crippen LogP contribution in [0.1, 0.15) is 31.9 Å². The topological polar surface area (TPSA) is 70.2 Å². The van der Waals surface area contributed by atoms with Crippen molar-refractivity contribution in [2.24, 2.45) is 0 Å². The zero-order valence-corrected chi connectivity index (χ0v) is 15.2. The lowest BCUT2D eigenvalue weighted by atomic mass is 10.2. The molecular formula is C19H27N5O. The molecule has 0 spiro atoms. The maximum absolute atomic E-state index is 12.0. The standard InChI is InChI=1S/C19H27N5O/c1-4-5-11-24(3)12-10-19(25)23-17-8-6-16(7-9-17)22-18-13-15(2)20-14-21-18/h6-9,13-14H,4-5,10-12H2,1-3H3,(H,23,25)(H,20,21,22). The minimum atomic E-state index is 0.0375. The molecule has 0 aliphatic heterocycles. The Morgan fingerprint density at radius 2 is 1.84 bits per heavy atom. The van der Waals surface area contributed by atoms with E-state index in [-0.39, 0.29) is 5.91 Å². The normalized spacial score (nSPS) is 10.7. The Labute approximate surface area is 149 Å². The van der Waals surface area contributed by atoms with Gasteiger partial charge in [-0.3, -0.25) is 4.79 Å². The predicted octanol–water partition coefficient (Wildman–Crippen LogP) is 3.59. The van der Waals surface area contributed by atoms with Gasteiger partial charge < -0.3 is 15.5 Å². The van der Waals surface area contributed by atoms with Gasteiger partial charge in [0.2, 0.25) is 5.91 Å². The summed E-state index contributed by atoms with van der Waals surface area (Å²) in [5.74, 6) is 0.787. The molecule has 6 nitrogen and oxygen atoms in total. The first kappa shape index (κ1) is 18.9. The van der Waals surface area contributed by atoms with Gasteiger partial charge in [0.1, 0.15) is 12.1 Å². The van der Waals surface area contributed by atoms with Crippen LogP contribution in [0.4, 0.5) is 17.2 Å². The van der Waals surface area contributed by atoms with Gasteiger partial charge in [0.25, 0.3) is 0 Å². The molecule has 0 aliphatic rings. The molecular weight excluding hydrogens is 314 g/mol. The number of unbranched alkanes of at least 4 members (excludes halogenated alkanes) is 1. The van der Waals surface area contributed by atoms with E-state index in [2.05, 4.69) is 39.5 Å². The van der Waals surface area contributed by atoms with Crippen molar-refractivity contribution in [3.8, 4) is 0 Å². The third-order valence-corrected chi connectivity index (χ3v) is 3.86. The van der Waals surface area contributed by atoms with Crippen molar-refractivity contribution in [2.45, 2.75) is 33.1 Å². The summed E-state index contributed by atoms with van der Waals surface area (Å²) in [4.78, 5) is 22.5. The van der Waals surface area contributed by atoms with Gasteiger partial charge >= 0.3 is 0 Å². The molecule has 0 aliphatic carbocycles. The van der Waals surface area contributed by atoms with Gasteiger partial charge in [-0.05, 0) is 51.2 Å². The number of hydrogen-bond donors (Lipinski definition) is 2. The molecule has 1 heterocycles. The third-order valence-electron chi connectivity index (χ3n) is 3.86. The van der Waals surface area contributed by atoms with Crippen LogP contribution in [-0.4, -0.2) is 40.9 Å². The minimum Gasteiger partial charge on any atom is -0.340 e. The number of anilines is 3. The van der Waals surface area contributed by atoms with E-state index < -0.39 is 0 Å². The van der Waals surface area contributed by atoms with Crippen LogP contribution in [0, 0.1) is 6.92 Å². The summed E-state index contributed by atoms with van der Waals surface area (Å²) in [6.07, 6.45) is 4.37. The van der Waals surface area contributed by atoms with Gasteiger partial charge in [-0.2, -0.15) is 0 Å². The molecule has 0 bridgehead atoms. The molecule has 0 unspecified atom stereocenters. The van der Waals surface area contributed by atoms with Gasteiger partial charge in [-0.15, -0.1) is 0 Å². The molecule has 0 fully saturated rings. The molecule has 1 aromatic carbocycles. The highest BCUT2D eigenvalue weighted by atomic mass is 16.1. The van der Waals surface area contributed by atoms with Gasteiger partial charge in [-0.25, -0.2) is 9.97 Å². The summed E-state index contributed by atoms with van der Waals surface area (Å²) < 4.78 is 0. The first-order valence-corrected chi connectivity index (χ1v) is 8.71. The third kappa shape index (κ3) is 6.89. The van der Waals surface area contributed by atoms with Crippen molar-refractivity contribution in [1.29, 1.82) is 0 Å². The fraction of sp³-hybridized carbons (Fsp3) is 0.421. The number of nitrogens with zero attached hydrogens (tertiary/aromatic N) is 3. The maximum atomic E-state index is 12.0. The second-order valence-corrected chi connectivity index (χ2v) is 6.20. The number of aryl methyl sites for hydroxylation is 1. The van der Waals surface area contributed by atoms with Crippen LogP contribution in [0.3, 0.4) is 0 Å². The van der Waals surface area contributed by atoms with E-state index >= 15 is 0 Å². The number of carbonyl (C=O) groups is 1. The fourth-order valence-corrected chi connectivity index (χ4v) is 2.36. The Morgan fingerprint density at radius 1 is 1.12 bits per heavy atom. The zero-order chi connectivity index (χ0) is 18.1. The highest BCUT2D eigenvalue weighted by molar-refractivity contribution is 5.91. The molecule has 0 saturated heterocycles. The highest BCUT2D eigenvalue weighted by Gasteiger charge is 2.05. The number of carbonyl (C=O) groups excluding carboxylic acids is 1. The SMILES string of the molecule is CCCCN(C)CCC(=O)Nc1ccc(Nc2cc(C)ncn2)cc1. The summed E-state index contributed by atoms with van der Waals surface area (Å²) in [7, 11) is 2.05. The molecule has 1 aromatic heterocycles. The number of rotatable bonds is 9. The summed E-state index contributed by atoms with van der Waals surface area (Å²) in [6.45, 7) is 5.90. The molecule has 2 aromatic rings. The first-order valence-electron chi connectivity index (χ1n) is 8.71. The van der Waals surface area contributed by atoms with Crippen molar-refractivity contribution in [3.63, 3.8) is 0 Å². The number of hydrogen-bond acceptors (Lipinski definition) is 5. The quantitative estimate of drug-likeness (QED) is 0.729. The summed E-state index contributed by atoms with van der Waals surface area (Å²) in [5.41, 5.74) is 2.62. The predicted molar refractivity (Wildman–Crippen MR) is 102 cm³/mol. The van der Waals surface area contributed by atoms with E-state index in [4.69, 9.17) is 0 Å². The molecule has 25 heavy (non-hydrogen) atoms. The van der Waals surface area contributed by atoms with E-state index in [1.165, 1.54) is 19.2 Å². The lowest BCUT2D eigenvalue weighted by Crippen LogP contribution is -2.25. The van der Waals surface area contributed by atoms with E-state index in [0.29, 0.717) is 6.42 Å². The fourth-order valence-electron chi connectivity index (χ4n) is 2.36. The number of nitrogens with one attached hydrogen (secondary N) is 2. The Hall–Kier alpha value is -2.47. The second-order valence-electron chi connectivity index (χ2n) is 6.20. The van der Waals surface area contributed by atoms with Crippen molar-refractivity contribution in [1.82, 2.24) is 14.9 Å². The second kappa shape index (κ2) is 9.74. The van der Waals surface area contributed by atoms with Gasteiger partial charge in [0.05, 0.1) is 0 Å². The minimum absolute atomic E-state index is 0.0375. The Kier molecular flexibility index (Phi) is 7.35. The van der Waals surface area contributed by atoms with Crippen molar-refractivity contribution < 1.29 is 4.79 Å². The average molecular weight is 341 g/mol. The van der Waals surface area contributed by atoms with Crippen LogP contribution in [0.15, 0.2) is 36.7 Å². The monoisotopic (exact) mass is 341 g/mol. The molecule has 0 saturated carbocycles. The summed E-state index contributed by atoms with van der Waals surface area (Å²) in [5, 5.41) is 6.15. The number of benzene rings is 1. The van der Waals surface area contributed by atoms with Crippen LogP contribution in [0.25, 0.3) is 0 Å². The zero-order valence-electron chi connectivity index (χ0n) is 15.2. The molecule has 2 N–H and O–H groups in total. The largest absolute Gasteiger partial charge is 0.340 e. The lowest BCUT2D eigenvalue weighted by molar-refractivity contribution is -0.116. The Morgan fingerprint density at radius 3 is 2.52 bits per heavy atom. The molecule has 6 heteroatoms. The van der Waals surface area contributed by atoms with Crippen LogP contribution in [0.5, 0.6) is 0 Å². The van der Waals surface area contributed by atoms with Crippen LogP contribution < -0.4 is 10.6 Å². The van der Waals surface area contributed by atoms with Crippen LogP contribution >= 0.6 is 0 Å². The molecule has 1 amide bonds. The van der Waals surface area contributed by atoms with Crippen molar-refractivity contribution >= 4 is 23.1 Å². The maximum Gasteiger partial charge on any atom is 0.225 e. The van der Waals surface area contributed by atoms with E-state index in [1.54, 1.807) is 0 Å². The van der Waals surface area contributed by atoms with Gasteiger partial charge in [0, 0.05) is 36.1 Å². The molecule has 134 valence electrons. The lowest BCUT2D eigenvalue weighted by Gasteiger charge is -2.15. The van der Waals surface area contributed by atoms with E-state index in [0.717, 1.165) is 36.0 Å². The Balaban J connectivity index is 1.80. The van der Waals surface area contributed by atoms with Crippen LogP contribution in [-0.2, 0) is 4.79 Å². The number of amides is 1. The van der Waals surface area contributed by atoms with Crippen molar-refractivity contribution in [2.75, 3.05) is 30.8 Å².